The second kappa shape index (κ2) is 6.09. The predicted octanol–water partition coefficient (Wildman–Crippen LogP) is 5.12. The lowest BCUT2D eigenvalue weighted by atomic mass is 9.59. The number of hydrogen-bond donors (Lipinski definition) is 2. The summed E-state index contributed by atoms with van der Waals surface area (Å²) in [6.07, 6.45) is 3.21. The first-order chi connectivity index (χ1) is 11.0. The van der Waals surface area contributed by atoms with Gasteiger partial charge in [-0.3, -0.25) is 0 Å². The summed E-state index contributed by atoms with van der Waals surface area (Å²) in [7, 11) is 0. The molecule has 0 spiro atoms. The van der Waals surface area contributed by atoms with Crippen molar-refractivity contribution >= 4 is 11.6 Å². The van der Waals surface area contributed by atoms with Gasteiger partial charge in [0.25, 0.3) is 0 Å². The molecule has 122 valence electrons. The minimum absolute atomic E-state index is 0.0141. The number of aryl methyl sites for hydroxylation is 1. The van der Waals surface area contributed by atoms with Crippen LogP contribution in [-0.2, 0) is 5.41 Å². The van der Waals surface area contributed by atoms with Crippen molar-refractivity contribution in [1.82, 2.24) is 0 Å². The topological polar surface area (TPSA) is 40.5 Å². The summed E-state index contributed by atoms with van der Waals surface area (Å²) in [6.45, 7) is 4.17. The Bertz CT molecular complexity index is 683. The van der Waals surface area contributed by atoms with Crippen LogP contribution in [0.5, 0.6) is 11.5 Å². The fourth-order valence-electron chi connectivity index (χ4n) is 4.11. The molecule has 0 bridgehead atoms. The molecule has 3 unspecified atom stereocenters. The molecular formula is C20H23ClO2. The van der Waals surface area contributed by atoms with Crippen LogP contribution in [0.1, 0.15) is 42.9 Å². The zero-order valence-corrected chi connectivity index (χ0v) is 14.3. The molecule has 1 aliphatic rings. The molecule has 0 aliphatic heterocycles. The van der Waals surface area contributed by atoms with Gasteiger partial charge in [0.15, 0.2) is 0 Å². The number of aromatic hydroxyl groups is 2. The summed E-state index contributed by atoms with van der Waals surface area (Å²) in [5.41, 5.74) is 2.84. The van der Waals surface area contributed by atoms with Crippen LogP contribution in [-0.4, -0.2) is 15.6 Å². The lowest BCUT2D eigenvalue weighted by Crippen LogP contribution is -2.46. The highest BCUT2D eigenvalue weighted by molar-refractivity contribution is 6.22. The SMILES string of the molecule is Cc1cc(C2(c3ccc(O)cc3)C(C)CCCC2Cl)ccc1O. The third-order valence-corrected chi connectivity index (χ3v) is 5.95. The second-order valence-electron chi connectivity index (χ2n) is 6.72. The van der Waals surface area contributed by atoms with E-state index in [-0.39, 0.29) is 16.5 Å². The van der Waals surface area contributed by atoms with Gasteiger partial charge in [0.2, 0.25) is 0 Å². The molecule has 1 saturated carbocycles. The number of halogens is 1. The molecule has 23 heavy (non-hydrogen) atoms. The van der Waals surface area contributed by atoms with E-state index in [1.807, 2.05) is 25.1 Å². The Labute approximate surface area is 142 Å². The largest absolute Gasteiger partial charge is 0.508 e. The first-order valence-electron chi connectivity index (χ1n) is 8.20. The number of alkyl halides is 1. The highest BCUT2D eigenvalue weighted by Crippen LogP contribution is 2.51. The third-order valence-electron chi connectivity index (χ3n) is 5.39. The highest BCUT2D eigenvalue weighted by atomic mass is 35.5. The average molecular weight is 331 g/mol. The van der Waals surface area contributed by atoms with Gasteiger partial charge in [0.05, 0.1) is 0 Å². The van der Waals surface area contributed by atoms with Gasteiger partial charge in [0, 0.05) is 10.8 Å². The van der Waals surface area contributed by atoms with Crippen LogP contribution < -0.4 is 0 Å². The van der Waals surface area contributed by atoms with Crippen LogP contribution in [0.4, 0.5) is 0 Å². The van der Waals surface area contributed by atoms with Crippen molar-refractivity contribution in [1.29, 1.82) is 0 Å². The smallest absolute Gasteiger partial charge is 0.118 e. The van der Waals surface area contributed by atoms with E-state index in [1.165, 1.54) is 0 Å². The zero-order valence-electron chi connectivity index (χ0n) is 13.6. The molecule has 3 atom stereocenters. The monoisotopic (exact) mass is 330 g/mol. The molecule has 0 amide bonds. The standard InChI is InChI=1S/C20H23ClO2/c1-13-12-16(8-11-18(13)23)20(14(2)4-3-5-19(20)21)15-6-9-17(22)10-7-15/h6-12,14,19,22-23H,3-5H2,1-2H3. The van der Waals surface area contributed by atoms with Crippen LogP contribution in [0.3, 0.4) is 0 Å². The molecule has 2 N–H and O–H groups in total. The van der Waals surface area contributed by atoms with Crippen LogP contribution in [0.25, 0.3) is 0 Å². The van der Waals surface area contributed by atoms with Crippen molar-refractivity contribution in [3.05, 3.63) is 59.2 Å². The fraction of sp³-hybridized carbons (Fsp3) is 0.400. The number of phenols is 2. The molecule has 0 saturated heterocycles. The number of rotatable bonds is 2. The molecular weight excluding hydrogens is 308 g/mol. The van der Waals surface area contributed by atoms with Gasteiger partial charge < -0.3 is 10.2 Å². The van der Waals surface area contributed by atoms with Crippen LogP contribution in [0.15, 0.2) is 42.5 Å². The van der Waals surface area contributed by atoms with E-state index in [9.17, 15) is 10.2 Å². The number of hydrogen-bond acceptors (Lipinski definition) is 2. The zero-order chi connectivity index (χ0) is 16.6. The molecule has 0 aromatic heterocycles. The Morgan fingerprint density at radius 3 is 2.26 bits per heavy atom. The van der Waals surface area contributed by atoms with E-state index in [0.29, 0.717) is 11.7 Å². The summed E-state index contributed by atoms with van der Waals surface area (Å²) < 4.78 is 0. The normalized spacial score (nSPS) is 27.8. The van der Waals surface area contributed by atoms with E-state index in [0.717, 1.165) is 36.0 Å². The molecule has 3 rings (SSSR count). The van der Waals surface area contributed by atoms with Crippen molar-refractivity contribution in [2.24, 2.45) is 5.92 Å². The molecule has 2 nitrogen and oxygen atoms in total. The van der Waals surface area contributed by atoms with E-state index >= 15 is 0 Å². The summed E-state index contributed by atoms with van der Waals surface area (Å²) in [4.78, 5) is 0. The molecule has 1 aliphatic carbocycles. The van der Waals surface area contributed by atoms with Gasteiger partial charge >= 0.3 is 0 Å². The van der Waals surface area contributed by atoms with E-state index in [2.05, 4.69) is 13.0 Å². The Morgan fingerprint density at radius 1 is 1.00 bits per heavy atom. The van der Waals surface area contributed by atoms with Crippen molar-refractivity contribution in [3.63, 3.8) is 0 Å². The fourth-order valence-corrected chi connectivity index (χ4v) is 4.74. The maximum atomic E-state index is 9.90. The molecule has 0 heterocycles. The minimum atomic E-state index is -0.300. The summed E-state index contributed by atoms with van der Waals surface area (Å²) in [5, 5.41) is 19.5. The van der Waals surface area contributed by atoms with Gasteiger partial charge in [-0.2, -0.15) is 0 Å². The molecule has 3 heteroatoms. The Morgan fingerprint density at radius 2 is 1.65 bits per heavy atom. The van der Waals surface area contributed by atoms with E-state index in [4.69, 9.17) is 11.6 Å². The van der Waals surface area contributed by atoms with Crippen molar-refractivity contribution in [3.8, 4) is 11.5 Å². The van der Waals surface area contributed by atoms with Crippen molar-refractivity contribution < 1.29 is 10.2 Å². The summed E-state index contributed by atoms with van der Waals surface area (Å²) in [5.74, 6) is 0.955. The van der Waals surface area contributed by atoms with Crippen LogP contribution in [0, 0.1) is 12.8 Å². The lowest BCUT2D eigenvalue weighted by Gasteiger charge is -2.47. The maximum Gasteiger partial charge on any atom is 0.118 e. The Kier molecular flexibility index (Phi) is 4.29. The number of phenolic OH excluding ortho intramolecular Hbond substituents is 2. The predicted molar refractivity (Wildman–Crippen MR) is 94.4 cm³/mol. The van der Waals surface area contributed by atoms with E-state index in [1.54, 1.807) is 18.2 Å². The first kappa shape index (κ1) is 16.2. The minimum Gasteiger partial charge on any atom is -0.508 e. The summed E-state index contributed by atoms with van der Waals surface area (Å²) >= 11 is 6.91. The van der Waals surface area contributed by atoms with Gasteiger partial charge in [-0.05, 0) is 60.6 Å². The highest BCUT2D eigenvalue weighted by Gasteiger charge is 2.47. The van der Waals surface area contributed by atoms with Crippen LogP contribution in [0.2, 0.25) is 0 Å². The lowest BCUT2D eigenvalue weighted by molar-refractivity contribution is 0.249. The number of benzene rings is 2. The molecule has 0 radical (unpaired) electrons. The van der Waals surface area contributed by atoms with Crippen molar-refractivity contribution in [2.45, 2.75) is 43.9 Å². The Balaban J connectivity index is 2.24. The summed E-state index contributed by atoms with van der Waals surface area (Å²) in [6, 6.07) is 13.2. The second-order valence-corrected chi connectivity index (χ2v) is 7.24. The van der Waals surface area contributed by atoms with E-state index < -0.39 is 0 Å². The van der Waals surface area contributed by atoms with Gasteiger partial charge in [-0.15, -0.1) is 11.6 Å². The van der Waals surface area contributed by atoms with Crippen molar-refractivity contribution in [2.75, 3.05) is 0 Å². The molecule has 1 fully saturated rings. The van der Waals surface area contributed by atoms with Gasteiger partial charge in [-0.1, -0.05) is 37.6 Å². The van der Waals surface area contributed by atoms with Gasteiger partial charge in [0.1, 0.15) is 11.5 Å². The molecule has 2 aromatic rings. The average Bonchev–Trinajstić information content (AvgIpc) is 2.52. The van der Waals surface area contributed by atoms with Crippen LogP contribution >= 0.6 is 11.6 Å². The Hall–Kier alpha value is -1.67. The quantitative estimate of drug-likeness (QED) is 0.750. The third kappa shape index (κ3) is 2.59. The maximum absolute atomic E-state index is 9.90. The first-order valence-corrected chi connectivity index (χ1v) is 8.63. The van der Waals surface area contributed by atoms with Gasteiger partial charge in [-0.25, -0.2) is 0 Å². The molecule has 2 aromatic carbocycles.